The summed E-state index contributed by atoms with van der Waals surface area (Å²) < 4.78 is 2.13. The maximum absolute atomic E-state index is 12.6. The molecule has 0 atom stereocenters. The van der Waals surface area contributed by atoms with Gasteiger partial charge in [0, 0.05) is 28.4 Å². The molecule has 0 amide bonds. The molecule has 0 N–H and O–H groups in total. The van der Waals surface area contributed by atoms with Gasteiger partial charge in [-0.05, 0) is 43.9 Å². The predicted molar refractivity (Wildman–Crippen MR) is 86.4 cm³/mol. The van der Waals surface area contributed by atoms with Gasteiger partial charge in [0.1, 0.15) is 11.6 Å². The maximum Gasteiger partial charge on any atom is 0.205 e. The number of hydrogen-bond acceptors (Lipinski definition) is 3. The molecule has 2 rings (SSSR count). The number of aryl methyl sites for hydroxylation is 1. The Kier molecular flexibility index (Phi) is 4.77. The zero-order chi connectivity index (χ0) is 15.4. The predicted octanol–water partition coefficient (Wildman–Crippen LogP) is 4.37. The zero-order valence-electron chi connectivity index (χ0n) is 12.5. The Bertz CT molecular complexity index is 715. The first kappa shape index (κ1) is 15.3. The Morgan fingerprint density at radius 3 is 2.81 bits per heavy atom. The molecule has 2 aromatic rings. The second-order valence-corrected chi connectivity index (χ2v) is 5.93. The van der Waals surface area contributed by atoms with E-state index in [4.69, 9.17) is 0 Å². The minimum atomic E-state index is -0.193. The van der Waals surface area contributed by atoms with E-state index >= 15 is 0 Å². The van der Waals surface area contributed by atoms with Crippen LogP contribution in [0.5, 0.6) is 0 Å². The molecule has 0 radical (unpaired) electrons. The second-order valence-electron chi connectivity index (χ2n) is 4.95. The van der Waals surface area contributed by atoms with Crippen molar-refractivity contribution < 1.29 is 4.79 Å². The van der Waals surface area contributed by atoms with Crippen molar-refractivity contribution in [3.8, 4) is 6.07 Å². The van der Waals surface area contributed by atoms with Crippen molar-refractivity contribution in [2.45, 2.75) is 33.7 Å². The summed E-state index contributed by atoms with van der Waals surface area (Å²) in [7, 11) is 0. The molecule has 2 aromatic heterocycles. The first-order valence-corrected chi connectivity index (χ1v) is 7.83. The quantitative estimate of drug-likeness (QED) is 0.467. The highest BCUT2D eigenvalue weighted by atomic mass is 32.1. The third-order valence-corrected chi connectivity index (χ3v) is 4.28. The molecular formula is C17H18N2OS. The highest BCUT2D eigenvalue weighted by Crippen LogP contribution is 2.21. The Labute approximate surface area is 129 Å². The third kappa shape index (κ3) is 3.14. The van der Waals surface area contributed by atoms with E-state index in [1.54, 1.807) is 6.08 Å². The number of ketones is 1. The van der Waals surface area contributed by atoms with Crippen LogP contribution in [0, 0.1) is 25.2 Å². The highest BCUT2D eigenvalue weighted by Gasteiger charge is 2.19. The molecular weight excluding hydrogens is 280 g/mol. The fourth-order valence-electron chi connectivity index (χ4n) is 2.41. The van der Waals surface area contributed by atoms with Crippen LogP contribution >= 0.6 is 11.3 Å². The topological polar surface area (TPSA) is 45.8 Å². The fraction of sp³-hybridized carbons (Fsp3) is 0.294. The molecule has 0 spiro atoms. The summed E-state index contributed by atoms with van der Waals surface area (Å²) >= 11 is 1.51. The van der Waals surface area contributed by atoms with Crippen LogP contribution in [0.3, 0.4) is 0 Å². The van der Waals surface area contributed by atoms with Gasteiger partial charge in [0.25, 0.3) is 0 Å². The minimum Gasteiger partial charge on any atom is -0.348 e. The van der Waals surface area contributed by atoms with Gasteiger partial charge >= 0.3 is 0 Å². The lowest BCUT2D eigenvalue weighted by Crippen LogP contribution is -2.06. The van der Waals surface area contributed by atoms with Gasteiger partial charge in [0.2, 0.25) is 5.78 Å². The van der Waals surface area contributed by atoms with Crippen LogP contribution in [0.1, 0.15) is 40.0 Å². The third-order valence-electron chi connectivity index (χ3n) is 3.46. The Morgan fingerprint density at radius 1 is 1.48 bits per heavy atom. The molecule has 0 fully saturated rings. The standard InChI is InChI=1S/C17H18N2OS/c1-4-7-19-12(2)9-16(13(19)3)17(20)14(11-18)10-15-6-5-8-21-15/h5-6,8-10H,4,7H2,1-3H3/b14-10+. The Balaban J connectivity index is 2.40. The van der Waals surface area contributed by atoms with Crippen LogP contribution in [-0.2, 0) is 6.54 Å². The Hall–Kier alpha value is -2.12. The van der Waals surface area contributed by atoms with Gasteiger partial charge in [0.05, 0.1) is 0 Å². The van der Waals surface area contributed by atoms with E-state index in [1.807, 2.05) is 43.5 Å². The monoisotopic (exact) mass is 298 g/mol. The van der Waals surface area contributed by atoms with Crippen molar-refractivity contribution in [3.05, 3.63) is 51.0 Å². The number of rotatable bonds is 5. The molecule has 0 aromatic carbocycles. The van der Waals surface area contributed by atoms with Gasteiger partial charge in [-0.3, -0.25) is 4.79 Å². The second kappa shape index (κ2) is 6.55. The van der Waals surface area contributed by atoms with Gasteiger partial charge in [0.15, 0.2) is 0 Å². The largest absolute Gasteiger partial charge is 0.348 e. The molecule has 2 heterocycles. The molecule has 0 unspecified atom stereocenters. The SMILES string of the molecule is CCCn1c(C)cc(C(=O)/C(C#N)=C/c2cccs2)c1C. The van der Waals surface area contributed by atoms with Crippen LogP contribution in [-0.4, -0.2) is 10.4 Å². The molecule has 3 nitrogen and oxygen atoms in total. The van der Waals surface area contributed by atoms with Gasteiger partial charge < -0.3 is 4.57 Å². The number of carbonyl (C=O) groups excluding carboxylic acids is 1. The van der Waals surface area contributed by atoms with E-state index in [0.717, 1.165) is 29.2 Å². The van der Waals surface area contributed by atoms with Crippen LogP contribution in [0.25, 0.3) is 6.08 Å². The smallest absolute Gasteiger partial charge is 0.205 e. The van der Waals surface area contributed by atoms with Crippen LogP contribution < -0.4 is 0 Å². The molecule has 0 saturated carbocycles. The molecule has 0 aliphatic rings. The van der Waals surface area contributed by atoms with Gasteiger partial charge in [-0.25, -0.2) is 0 Å². The van der Waals surface area contributed by atoms with Crippen molar-refractivity contribution in [2.75, 3.05) is 0 Å². The number of allylic oxidation sites excluding steroid dienone is 1. The lowest BCUT2D eigenvalue weighted by atomic mass is 10.0. The van der Waals surface area contributed by atoms with Crippen LogP contribution in [0.15, 0.2) is 29.2 Å². The first-order chi connectivity index (χ1) is 10.1. The fourth-order valence-corrected chi connectivity index (χ4v) is 3.07. The molecule has 0 aliphatic carbocycles. The lowest BCUT2D eigenvalue weighted by Gasteiger charge is -2.07. The number of nitriles is 1. The average molecular weight is 298 g/mol. The number of aromatic nitrogens is 1. The molecule has 21 heavy (non-hydrogen) atoms. The molecule has 0 saturated heterocycles. The number of Topliss-reactive ketones (excluding diaryl/α,β-unsaturated/α-hetero) is 1. The van der Waals surface area contributed by atoms with Crippen molar-refractivity contribution in [1.29, 1.82) is 5.26 Å². The van der Waals surface area contributed by atoms with Crippen molar-refractivity contribution in [2.24, 2.45) is 0 Å². The Morgan fingerprint density at radius 2 is 2.24 bits per heavy atom. The van der Waals surface area contributed by atoms with E-state index in [9.17, 15) is 10.1 Å². The highest BCUT2D eigenvalue weighted by molar-refractivity contribution is 7.10. The molecule has 4 heteroatoms. The summed E-state index contributed by atoms with van der Waals surface area (Å²) in [4.78, 5) is 13.5. The van der Waals surface area contributed by atoms with E-state index in [2.05, 4.69) is 11.5 Å². The number of hydrogen-bond donors (Lipinski definition) is 0. The summed E-state index contributed by atoms with van der Waals surface area (Å²) in [6, 6.07) is 7.72. The normalized spacial score (nSPS) is 11.4. The lowest BCUT2D eigenvalue weighted by molar-refractivity contribution is 0.103. The van der Waals surface area contributed by atoms with E-state index in [1.165, 1.54) is 11.3 Å². The minimum absolute atomic E-state index is 0.189. The van der Waals surface area contributed by atoms with E-state index in [0.29, 0.717) is 5.56 Å². The van der Waals surface area contributed by atoms with E-state index < -0.39 is 0 Å². The molecule has 108 valence electrons. The summed E-state index contributed by atoms with van der Waals surface area (Å²) in [6.07, 6.45) is 2.68. The van der Waals surface area contributed by atoms with Crippen LogP contribution in [0.2, 0.25) is 0 Å². The summed E-state index contributed by atoms with van der Waals surface area (Å²) in [5.41, 5.74) is 2.82. The van der Waals surface area contributed by atoms with Crippen molar-refractivity contribution in [3.63, 3.8) is 0 Å². The first-order valence-electron chi connectivity index (χ1n) is 6.95. The summed E-state index contributed by atoms with van der Waals surface area (Å²) in [5, 5.41) is 11.2. The van der Waals surface area contributed by atoms with Gasteiger partial charge in [-0.15, -0.1) is 11.3 Å². The number of nitrogens with zero attached hydrogens (tertiary/aromatic N) is 2. The van der Waals surface area contributed by atoms with Crippen molar-refractivity contribution >= 4 is 23.2 Å². The molecule has 0 aliphatic heterocycles. The zero-order valence-corrected chi connectivity index (χ0v) is 13.3. The van der Waals surface area contributed by atoms with Gasteiger partial charge in [-0.1, -0.05) is 13.0 Å². The summed E-state index contributed by atoms with van der Waals surface area (Å²) in [6.45, 7) is 6.93. The summed E-state index contributed by atoms with van der Waals surface area (Å²) in [5.74, 6) is -0.193. The van der Waals surface area contributed by atoms with Crippen LogP contribution in [0.4, 0.5) is 0 Å². The van der Waals surface area contributed by atoms with Gasteiger partial charge in [-0.2, -0.15) is 5.26 Å². The van der Waals surface area contributed by atoms with E-state index in [-0.39, 0.29) is 11.4 Å². The maximum atomic E-state index is 12.6. The number of carbonyl (C=O) groups is 1. The molecule has 0 bridgehead atoms. The average Bonchev–Trinajstić information content (AvgIpc) is 3.07. The number of thiophene rings is 1. The van der Waals surface area contributed by atoms with Crippen molar-refractivity contribution in [1.82, 2.24) is 4.57 Å².